The van der Waals surface area contributed by atoms with E-state index in [0.717, 1.165) is 23.1 Å². The lowest BCUT2D eigenvalue weighted by Gasteiger charge is -2.15. The number of sulfonamides is 1. The normalized spacial score (nSPS) is 11.4. The monoisotopic (exact) mass is 323 g/mol. The summed E-state index contributed by atoms with van der Waals surface area (Å²) >= 11 is 5.95. The molecule has 0 radical (unpaired) electrons. The van der Waals surface area contributed by atoms with E-state index in [1.165, 1.54) is 6.07 Å². The molecule has 0 aliphatic carbocycles. The van der Waals surface area contributed by atoms with Gasteiger partial charge in [0, 0.05) is 5.02 Å². The second kappa shape index (κ2) is 6.08. The van der Waals surface area contributed by atoms with Crippen LogP contribution >= 0.6 is 11.6 Å². The van der Waals surface area contributed by atoms with Gasteiger partial charge in [0.15, 0.2) is 0 Å². The molecule has 21 heavy (non-hydrogen) atoms. The first-order valence-corrected chi connectivity index (χ1v) is 8.58. The Bertz CT molecular complexity index is 770. The van der Waals surface area contributed by atoms with Gasteiger partial charge in [-0.2, -0.15) is 0 Å². The molecular weight excluding hydrogens is 306 g/mol. The molecule has 0 atom stereocenters. The van der Waals surface area contributed by atoms with E-state index in [0.29, 0.717) is 10.7 Å². The minimum absolute atomic E-state index is 0.217. The maximum atomic E-state index is 12.5. The summed E-state index contributed by atoms with van der Waals surface area (Å²) in [6, 6.07) is 10.4. The zero-order valence-corrected chi connectivity index (χ0v) is 13.8. The molecule has 2 rings (SSSR count). The third-order valence-corrected chi connectivity index (χ3v) is 5.19. The number of hydrogen-bond acceptors (Lipinski definition) is 2. The summed E-state index contributed by atoms with van der Waals surface area (Å²) in [4.78, 5) is 0.217. The van der Waals surface area contributed by atoms with Gasteiger partial charge in [0.25, 0.3) is 10.0 Å². The predicted octanol–water partition coefficient (Wildman–Crippen LogP) is 4.32. The summed E-state index contributed by atoms with van der Waals surface area (Å²) in [6.07, 6.45) is 0.763. The van der Waals surface area contributed by atoms with E-state index < -0.39 is 10.0 Å². The molecule has 3 nitrogen and oxygen atoms in total. The van der Waals surface area contributed by atoms with Crippen LogP contribution in [0.15, 0.2) is 41.3 Å². The van der Waals surface area contributed by atoms with E-state index in [9.17, 15) is 8.42 Å². The van der Waals surface area contributed by atoms with Crippen molar-refractivity contribution >= 4 is 27.3 Å². The van der Waals surface area contributed by atoms with Gasteiger partial charge in [-0.15, -0.1) is 0 Å². The number of rotatable bonds is 4. The van der Waals surface area contributed by atoms with Crippen LogP contribution < -0.4 is 4.72 Å². The Labute approximate surface area is 131 Å². The topological polar surface area (TPSA) is 46.2 Å². The third-order valence-electron chi connectivity index (χ3n) is 3.42. The Morgan fingerprint density at radius 1 is 1.10 bits per heavy atom. The highest BCUT2D eigenvalue weighted by atomic mass is 35.5. The van der Waals surface area contributed by atoms with Crippen LogP contribution in [0.3, 0.4) is 0 Å². The number of anilines is 1. The zero-order valence-electron chi connectivity index (χ0n) is 12.3. The molecule has 0 aliphatic rings. The van der Waals surface area contributed by atoms with Crippen molar-refractivity contribution in [2.75, 3.05) is 4.72 Å². The van der Waals surface area contributed by atoms with Crippen molar-refractivity contribution in [2.45, 2.75) is 32.1 Å². The summed E-state index contributed by atoms with van der Waals surface area (Å²) < 4.78 is 27.8. The molecule has 0 fully saturated rings. The minimum atomic E-state index is -3.62. The van der Waals surface area contributed by atoms with Gasteiger partial charge in [-0.3, -0.25) is 4.72 Å². The fourth-order valence-corrected chi connectivity index (χ4v) is 3.52. The second-order valence-electron chi connectivity index (χ2n) is 4.98. The van der Waals surface area contributed by atoms with E-state index >= 15 is 0 Å². The fraction of sp³-hybridized carbons (Fsp3) is 0.250. The highest BCUT2D eigenvalue weighted by Gasteiger charge is 2.17. The molecule has 2 aromatic carbocycles. The van der Waals surface area contributed by atoms with Crippen LogP contribution in [0.4, 0.5) is 5.69 Å². The van der Waals surface area contributed by atoms with Gasteiger partial charge >= 0.3 is 0 Å². The first-order valence-electron chi connectivity index (χ1n) is 6.72. The Morgan fingerprint density at radius 3 is 2.43 bits per heavy atom. The number of nitrogens with one attached hydrogen (secondary N) is 1. The van der Waals surface area contributed by atoms with Crippen molar-refractivity contribution in [3.05, 3.63) is 58.1 Å². The van der Waals surface area contributed by atoms with Crippen molar-refractivity contribution in [3.8, 4) is 0 Å². The molecule has 0 saturated carbocycles. The summed E-state index contributed by atoms with van der Waals surface area (Å²) in [5.41, 5.74) is 3.28. The van der Waals surface area contributed by atoms with E-state index in [4.69, 9.17) is 11.6 Å². The number of halogens is 1. The van der Waals surface area contributed by atoms with Crippen LogP contribution in [0.25, 0.3) is 0 Å². The van der Waals surface area contributed by atoms with Gasteiger partial charge in [-0.05, 0) is 55.2 Å². The van der Waals surface area contributed by atoms with Gasteiger partial charge in [0.05, 0.1) is 10.6 Å². The van der Waals surface area contributed by atoms with Crippen LogP contribution in [0.5, 0.6) is 0 Å². The summed E-state index contributed by atoms with van der Waals surface area (Å²) in [5, 5.41) is 0.555. The minimum Gasteiger partial charge on any atom is -0.279 e. The average Bonchev–Trinajstić information content (AvgIpc) is 2.43. The van der Waals surface area contributed by atoms with E-state index in [1.807, 2.05) is 32.0 Å². The fourth-order valence-electron chi connectivity index (χ4n) is 2.15. The van der Waals surface area contributed by atoms with E-state index in [1.54, 1.807) is 19.1 Å². The van der Waals surface area contributed by atoms with Crippen molar-refractivity contribution in [1.82, 2.24) is 0 Å². The maximum absolute atomic E-state index is 12.5. The summed E-state index contributed by atoms with van der Waals surface area (Å²) in [6.45, 7) is 5.68. The van der Waals surface area contributed by atoms with Crippen LogP contribution in [-0.2, 0) is 16.4 Å². The van der Waals surface area contributed by atoms with Crippen LogP contribution in [0.2, 0.25) is 5.02 Å². The lowest BCUT2D eigenvalue weighted by Crippen LogP contribution is -2.15. The van der Waals surface area contributed by atoms with Crippen LogP contribution in [0.1, 0.15) is 23.6 Å². The molecule has 0 bridgehead atoms. The SMILES string of the molecule is CCc1cccc(C)c1NS(=O)(=O)c1ccc(Cl)c(C)c1. The predicted molar refractivity (Wildman–Crippen MR) is 87.6 cm³/mol. The van der Waals surface area contributed by atoms with Crippen molar-refractivity contribution in [3.63, 3.8) is 0 Å². The second-order valence-corrected chi connectivity index (χ2v) is 7.07. The Morgan fingerprint density at radius 2 is 1.81 bits per heavy atom. The van der Waals surface area contributed by atoms with Gasteiger partial charge in [-0.25, -0.2) is 8.42 Å². The van der Waals surface area contributed by atoms with Crippen molar-refractivity contribution < 1.29 is 8.42 Å². The molecule has 0 amide bonds. The molecule has 1 N–H and O–H groups in total. The molecule has 0 spiro atoms. The van der Waals surface area contributed by atoms with Gasteiger partial charge in [0.1, 0.15) is 0 Å². The largest absolute Gasteiger partial charge is 0.279 e. The van der Waals surface area contributed by atoms with Crippen LogP contribution in [-0.4, -0.2) is 8.42 Å². The van der Waals surface area contributed by atoms with Gasteiger partial charge < -0.3 is 0 Å². The first kappa shape index (κ1) is 15.9. The molecule has 5 heteroatoms. The van der Waals surface area contributed by atoms with E-state index in [-0.39, 0.29) is 4.90 Å². The van der Waals surface area contributed by atoms with Crippen LogP contribution in [0, 0.1) is 13.8 Å². The molecular formula is C16H18ClNO2S. The summed E-state index contributed by atoms with van der Waals surface area (Å²) in [7, 11) is -3.62. The maximum Gasteiger partial charge on any atom is 0.261 e. The Balaban J connectivity index is 2.44. The van der Waals surface area contributed by atoms with Crippen molar-refractivity contribution in [1.29, 1.82) is 0 Å². The highest BCUT2D eigenvalue weighted by molar-refractivity contribution is 7.92. The molecule has 0 unspecified atom stereocenters. The number of hydrogen-bond donors (Lipinski definition) is 1. The Kier molecular flexibility index (Phi) is 4.59. The molecule has 0 heterocycles. The average molecular weight is 324 g/mol. The summed E-state index contributed by atoms with van der Waals surface area (Å²) in [5.74, 6) is 0. The van der Waals surface area contributed by atoms with Crippen molar-refractivity contribution in [2.24, 2.45) is 0 Å². The lowest BCUT2D eigenvalue weighted by molar-refractivity contribution is 0.601. The molecule has 0 aromatic heterocycles. The third kappa shape index (κ3) is 3.39. The Hall–Kier alpha value is -1.52. The number of aryl methyl sites for hydroxylation is 3. The molecule has 112 valence electrons. The number of benzene rings is 2. The lowest BCUT2D eigenvalue weighted by atomic mass is 10.1. The van der Waals surface area contributed by atoms with Gasteiger partial charge in [0.2, 0.25) is 0 Å². The van der Waals surface area contributed by atoms with E-state index in [2.05, 4.69) is 4.72 Å². The molecule has 0 aliphatic heterocycles. The number of para-hydroxylation sites is 1. The first-order chi connectivity index (χ1) is 9.85. The quantitative estimate of drug-likeness (QED) is 0.910. The highest BCUT2D eigenvalue weighted by Crippen LogP contribution is 2.26. The molecule has 0 saturated heterocycles. The van der Waals surface area contributed by atoms with Gasteiger partial charge in [-0.1, -0.05) is 36.7 Å². The zero-order chi connectivity index (χ0) is 15.6. The molecule has 2 aromatic rings. The smallest absolute Gasteiger partial charge is 0.261 e. The standard InChI is InChI=1S/C16H18ClNO2S/c1-4-13-7-5-6-11(2)16(13)18-21(19,20)14-8-9-15(17)12(3)10-14/h5-10,18H,4H2,1-3H3.